The fourth-order valence-electron chi connectivity index (χ4n) is 2.29. The summed E-state index contributed by atoms with van der Waals surface area (Å²) < 4.78 is 5.83. The number of likely N-dealkylation sites (N-methyl/N-ethyl adjacent to an activating group) is 2. The maximum absolute atomic E-state index is 5.83. The van der Waals surface area contributed by atoms with E-state index in [1.807, 2.05) is 18.3 Å². The van der Waals surface area contributed by atoms with E-state index in [-0.39, 0.29) is 6.04 Å². The number of ether oxygens (including phenoxy) is 1. The van der Waals surface area contributed by atoms with Crippen molar-refractivity contribution < 1.29 is 4.74 Å². The van der Waals surface area contributed by atoms with Crippen LogP contribution in [0.25, 0.3) is 0 Å². The topological polar surface area (TPSA) is 28.6 Å². The molecule has 1 rings (SSSR count). The van der Waals surface area contributed by atoms with E-state index in [2.05, 4.69) is 49.5 Å². The highest BCUT2D eigenvalue weighted by Gasteiger charge is 2.17. The van der Waals surface area contributed by atoms with Crippen molar-refractivity contribution in [3.8, 4) is 5.75 Å². The standard InChI is InChI=1S/C17H31N3O/c1-6-14-21-16-10-9-11-18-17(16)15(4)19(5)12-13-20(7-2)8-3/h9-11,15H,6-8,12-14H2,1-5H3. The Labute approximate surface area is 130 Å². The van der Waals surface area contributed by atoms with Gasteiger partial charge in [0.1, 0.15) is 5.75 Å². The van der Waals surface area contributed by atoms with Gasteiger partial charge in [0.25, 0.3) is 0 Å². The first-order valence-electron chi connectivity index (χ1n) is 8.14. The molecular weight excluding hydrogens is 262 g/mol. The molecule has 0 N–H and O–H groups in total. The minimum atomic E-state index is 0.258. The normalized spacial score (nSPS) is 12.9. The Morgan fingerprint density at radius 3 is 2.52 bits per heavy atom. The van der Waals surface area contributed by atoms with Crippen molar-refractivity contribution in [2.45, 2.75) is 40.2 Å². The number of aromatic nitrogens is 1. The van der Waals surface area contributed by atoms with Crippen LogP contribution in [0.3, 0.4) is 0 Å². The second-order valence-corrected chi connectivity index (χ2v) is 5.42. The maximum Gasteiger partial charge on any atom is 0.142 e. The number of pyridine rings is 1. The average molecular weight is 293 g/mol. The zero-order valence-corrected chi connectivity index (χ0v) is 14.3. The largest absolute Gasteiger partial charge is 0.492 e. The van der Waals surface area contributed by atoms with E-state index >= 15 is 0 Å². The number of hydrogen-bond acceptors (Lipinski definition) is 4. The van der Waals surface area contributed by atoms with Crippen molar-refractivity contribution in [3.05, 3.63) is 24.0 Å². The van der Waals surface area contributed by atoms with Gasteiger partial charge in [-0.15, -0.1) is 0 Å². The van der Waals surface area contributed by atoms with Gasteiger partial charge in [0.15, 0.2) is 0 Å². The van der Waals surface area contributed by atoms with Gasteiger partial charge in [-0.3, -0.25) is 9.88 Å². The van der Waals surface area contributed by atoms with Crippen molar-refractivity contribution in [3.63, 3.8) is 0 Å². The van der Waals surface area contributed by atoms with Gasteiger partial charge in [0.05, 0.1) is 18.3 Å². The van der Waals surface area contributed by atoms with Gasteiger partial charge in [-0.05, 0) is 45.6 Å². The summed E-state index contributed by atoms with van der Waals surface area (Å²) in [6, 6.07) is 4.22. The van der Waals surface area contributed by atoms with Crippen molar-refractivity contribution in [2.24, 2.45) is 0 Å². The van der Waals surface area contributed by atoms with Crippen molar-refractivity contribution in [1.82, 2.24) is 14.8 Å². The molecule has 4 heteroatoms. The highest BCUT2D eigenvalue weighted by atomic mass is 16.5. The second kappa shape index (κ2) is 9.74. The molecule has 120 valence electrons. The van der Waals surface area contributed by atoms with Crippen LogP contribution in [0.15, 0.2) is 18.3 Å². The first-order valence-corrected chi connectivity index (χ1v) is 8.14. The summed E-state index contributed by atoms with van der Waals surface area (Å²) in [5, 5.41) is 0. The fourth-order valence-corrected chi connectivity index (χ4v) is 2.29. The third kappa shape index (κ3) is 5.64. The Morgan fingerprint density at radius 1 is 1.19 bits per heavy atom. The summed E-state index contributed by atoms with van der Waals surface area (Å²) in [6.07, 6.45) is 2.86. The van der Waals surface area contributed by atoms with Gasteiger partial charge in [-0.25, -0.2) is 0 Å². The lowest BCUT2D eigenvalue weighted by atomic mass is 10.1. The predicted molar refractivity (Wildman–Crippen MR) is 88.9 cm³/mol. The molecule has 1 atom stereocenters. The van der Waals surface area contributed by atoms with Crippen molar-refractivity contribution in [2.75, 3.05) is 39.8 Å². The average Bonchev–Trinajstić information content (AvgIpc) is 2.53. The minimum absolute atomic E-state index is 0.258. The number of rotatable bonds is 10. The highest BCUT2D eigenvalue weighted by molar-refractivity contribution is 5.29. The molecule has 0 aliphatic heterocycles. The Morgan fingerprint density at radius 2 is 1.90 bits per heavy atom. The van der Waals surface area contributed by atoms with E-state index in [0.717, 1.165) is 50.7 Å². The molecule has 0 saturated heterocycles. The molecule has 1 aromatic rings. The first kappa shape index (κ1) is 17.9. The van der Waals surface area contributed by atoms with Gasteiger partial charge < -0.3 is 9.64 Å². The zero-order valence-electron chi connectivity index (χ0n) is 14.3. The molecule has 0 aliphatic carbocycles. The molecule has 0 spiro atoms. The molecule has 4 nitrogen and oxygen atoms in total. The molecular formula is C17H31N3O. The monoisotopic (exact) mass is 293 g/mol. The molecule has 0 saturated carbocycles. The molecule has 0 fully saturated rings. The molecule has 1 aromatic heterocycles. The lowest BCUT2D eigenvalue weighted by Gasteiger charge is -2.28. The lowest BCUT2D eigenvalue weighted by Crippen LogP contribution is -2.34. The molecule has 1 unspecified atom stereocenters. The molecule has 0 bridgehead atoms. The Bertz CT molecular complexity index is 393. The molecule has 1 heterocycles. The van der Waals surface area contributed by atoms with Crippen molar-refractivity contribution >= 4 is 0 Å². The summed E-state index contributed by atoms with van der Waals surface area (Å²) in [5.74, 6) is 0.918. The second-order valence-electron chi connectivity index (χ2n) is 5.42. The van der Waals surface area contributed by atoms with Crippen LogP contribution in [0.1, 0.15) is 45.9 Å². The minimum Gasteiger partial charge on any atom is -0.492 e. The summed E-state index contributed by atoms with van der Waals surface area (Å²) in [7, 11) is 2.16. The Balaban J connectivity index is 2.66. The SMILES string of the molecule is CCCOc1cccnc1C(C)N(C)CCN(CC)CC. The molecule has 0 radical (unpaired) electrons. The molecule has 0 aliphatic rings. The van der Waals surface area contributed by atoms with Crippen molar-refractivity contribution in [1.29, 1.82) is 0 Å². The lowest BCUT2D eigenvalue weighted by molar-refractivity contribution is 0.199. The van der Waals surface area contributed by atoms with Gasteiger partial charge in [0.2, 0.25) is 0 Å². The first-order chi connectivity index (χ1) is 10.1. The molecule has 0 aromatic carbocycles. The molecule has 0 amide bonds. The van der Waals surface area contributed by atoms with Crippen LogP contribution < -0.4 is 4.74 Å². The quantitative estimate of drug-likeness (QED) is 0.662. The zero-order chi connectivity index (χ0) is 15.7. The van der Waals surface area contributed by atoms with Crippen LogP contribution >= 0.6 is 0 Å². The summed E-state index contributed by atoms with van der Waals surface area (Å²) in [5.41, 5.74) is 1.04. The molecule has 21 heavy (non-hydrogen) atoms. The maximum atomic E-state index is 5.83. The van der Waals surface area contributed by atoms with Crippen LogP contribution in [-0.2, 0) is 0 Å². The van der Waals surface area contributed by atoms with Gasteiger partial charge in [-0.1, -0.05) is 20.8 Å². The third-order valence-corrected chi connectivity index (χ3v) is 3.98. The Hall–Kier alpha value is -1.13. The summed E-state index contributed by atoms with van der Waals surface area (Å²) >= 11 is 0. The van der Waals surface area contributed by atoms with Crippen LogP contribution in [0, 0.1) is 0 Å². The number of nitrogens with zero attached hydrogens (tertiary/aromatic N) is 3. The van der Waals surface area contributed by atoms with E-state index < -0.39 is 0 Å². The van der Waals surface area contributed by atoms with Gasteiger partial charge in [0, 0.05) is 19.3 Å². The summed E-state index contributed by atoms with van der Waals surface area (Å²) in [4.78, 5) is 9.33. The van der Waals surface area contributed by atoms with E-state index in [4.69, 9.17) is 4.74 Å². The Kier molecular flexibility index (Phi) is 8.31. The van der Waals surface area contributed by atoms with Crippen LogP contribution in [0.5, 0.6) is 5.75 Å². The van der Waals surface area contributed by atoms with Gasteiger partial charge in [-0.2, -0.15) is 0 Å². The van der Waals surface area contributed by atoms with E-state index in [1.54, 1.807) is 0 Å². The van der Waals surface area contributed by atoms with Gasteiger partial charge >= 0.3 is 0 Å². The van der Waals surface area contributed by atoms with E-state index in [0.29, 0.717) is 0 Å². The van der Waals surface area contributed by atoms with E-state index in [9.17, 15) is 0 Å². The predicted octanol–water partition coefficient (Wildman–Crippen LogP) is 3.21. The van der Waals surface area contributed by atoms with Crippen LogP contribution in [0.4, 0.5) is 0 Å². The van der Waals surface area contributed by atoms with E-state index in [1.165, 1.54) is 0 Å². The van der Waals surface area contributed by atoms with Crippen LogP contribution in [0.2, 0.25) is 0 Å². The fraction of sp³-hybridized carbons (Fsp3) is 0.706. The summed E-state index contributed by atoms with van der Waals surface area (Å²) in [6.45, 7) is 13.8. The highest BCUT2D eigenvalue weighted by Crippen LogP contribution is 2.26. The third-order valence-electron chi connectivity index (χ3n) is 3.98. The smallest absolute Gasteiger partial charge is 0.142 e. The van der Waals surface area contributed by atoms with Crippen LogP contribution in [-0.4, -0.2) is 54.6 Å². The number of hydrogen-bond donors (Lipinski definition) is 0.